The predicted octanol–water partition coefficient (Wildman–Crippen LogP) is 5.09. The highest BCUT2D eigenvalue weighted by molar-refractivity contribution is 6.03. The van der Waals surface area contributed by atoms with Gasteiger partial charge >= 0.3 is 0 Å². The van der Waals surface area contributed by atoms with Crippen molar-refractivity contribution in [2.24, 2.45) is 0 Å². The van der Waals surface area contributed by atoms with Gasteiger partial charge in [0.25, 0.3) is 11.8 Å². The Hall–Kier alpha value is -5.07. The zero-order valence-corrected chi connectivity index (χ0v) is 21.6. The zero-order valence-electron chi connectivity index (χ0n) is 21.6. The third-order valence-electron chi connectivity index (χ3n) is 6.53. The molecular formula is C31H26FN5O3. The molecule has 5 rings (SSSR count). The van der Waals surface area contributed by atoms with Gasteiger partial charge in [-0.25, -0.2) is 4.39 Å². The first kappa shape index (κ1) is 26.5. The third kappa shape index (κ3) is 6.67. The minimum Gasteiger partial charge on any atom is -0.457 e. The minimum absolute atomic E-state index is 0.128. The molecule has 3 aromatic carbocycles. The van der Waals surface area contributed by atoms with Crippen LogP contribution in [0.3, 0.4) is 0 Å². The van der Waals surface area contributed by atoms with E-state index in [1.807, 2.05) is 0 Å². The number of hydrogen-bond donors (Lipinski definition) is 1. The molecule has 200 valence electrons. The van der Waals surface area contributed by atoms with Crippen LogP contribution in [0.1, 0.15) is 32.0 Å². The predicted molar refractivity (Wildman–Crippen MR) is 147 cm³/mol. The van der Waals surface area contributed by atoms with Crippen LogP contribution < -0.4 is 10.1 Å². The highest BCUT2D eigenvalue weighted by Gasteiger charge is 2.23. The zero-order chi connectivity index (χ0) is 27.9. The molecule has 2 heterocycles. The first-order valence-electron chi connectivity index (χ1n) is 12.8. The number of amides is 2. The van der Waals surface area contributed by atoms with Crippen molar-refractivity contribution in [1.29, 1.82) is 5.26 Å². The van der Waals surface area contributed by atoms with E-state index in [2.05, 4.69) is 21.3 Å². The number of nitrogens with one attached hydrogen (secondary N) is 1. The van der Waals surface area contributed by atoms with Crippen LogP contribution in [-0.4, -0.2) is 52.8 Å². The van der Waals surface area contributed by atoms with Crippen LogP contribution in [0.25, 0.3) is 0 Å². The Bertz CT molecular complexity index is 1530. The lowest BCUT2D eigenvalue weighted by molar-refractivity contribution is 0.0627. The second-order valence-electron chi connectivity index (χ2n) is 9.35. The summed E-state index contributed by atoms with van der Waals surface area (Å²) in [4.78, 5) is 33.9. The molecule has 1 N–H and O–H groups in total. The van der Waals surface area contributed by atoms with Crippen LogP contribution in [0.15, 0.2) is 91.1 Å². The number of pyridine rings is 1. The van der Waals surface area contributed by atoms with Gasteiger partial charge in [0.2, 0.25) is 0 Å². The van der Waals surface area contributed by atoms with E-state index in [9.17, 15) is 14.0 Å². The van der Waals surface area contributed by atoms with Gasteiger partial charge in [0.15, 0.2) is 0 Å². The van der Waals surface area contributed by atoms with E-state index < -0.39 is 5.91 Å². The summed E-state index contributed by atoms with van der Waals surface area (Å²) >= 11 is 0. The van der Waals surface area contributed by atoms with E-state index in [0.717, 1.165) is 5.56 Å². The monoisotopic (exact) mass is 535 g/mol. The number of carbonyl (C=O) groups excluding carboxylic acids is 2. The van der Waals surface area contributed by atoms with Crippen LogP contribution in [0, 0.1) is 17.1 Å². The Morgan fingerprint density at radius 3 is 2.35 bits per heavy atom. The summed E-state index contributed by atoms with van der Waals surface area (Å²) in [5, 5.41) is 11.8. The minimum atomic E-state index is -0.399. The van der Waals surface area contributed by atoms with Crippen LogP contribution in [0.2, 0.25) is 0 Å². The molecule has 0 spiro atoms. The van der Waals surface area contributed by atoms with Crippen LogP contribution in [0.4, 0.5) is 10.1 Å². The molecule has 0 saturated carbocycles. The average molecular weight is 536 g/mol. The molecule has 0 atom stereocenters. The number of carbonyl (C=O) groups is 2. The second-order valence-corrected chi connectivity index (χ2v) is 9.35. The Kier molecular flexibility index (Phi) is 8.09. The fraction of sp³-hybridized carbons (Fsp3) is 0.161. The maximum atomic E-state index is 13.1. The smallest absolute Gasteiger partial charge is 0.274 e. The van der Waals surface area contributed by atoms with Gasteiger partial charge in [0, 0.05) is 44.6 Å². The SMILES string of the molecule is N#Cc1cccc(Oc2ccc(NC(=O)c3ccc(C(=O)N4CCN(Cc5ccc(F)cc5)CC4)cn3)cc2)c1. The van der Waals surface area contributed by atoms with E-state index in [1.54, 1.807) is 71.6 Å². The highest BCUT2D eigenvalue weighted by atomic mass is 19.1. The number of anilines is 1. The van der Waals surface area contributed by atoms with Crippen LogP contribution >= 0.6 is 0 Å². The molecule has 0 radical (unpaired) electrons. The number of halogens is 1. The number of piperazine rings is 1. The second kappa shape index (κ2) is 12.2. The molecule has 0 aliphatic carbocycles. The Balaban J connectivity index is 1.12. The number of aromatic nitrogens is 1. The van der Waals surface area contributed by atoms with Crippen LogP contribution in [-0.2, 0) is 6.54 Å². The topological polar surface area (TPSA) is 98.6 Å². The molecule has 1 saturated heterocycles. The summed E-state index contributed by atoms with van der Waals surface area (Å²) in [6.45, 7) is 3.29. The molecule has 4 aromatic rings. The number of hydrogen-bond acceptors (Lipinski definition) is 6. The van der Waals surface area contributed by atoms with Gasteiger partial charge < -0.3 is 15.0 Å². The maximum Gasteiger partial charge on any atom is 0.274 e. The van der Waals surface area contributed by atoms with Gasteiger partial charge in [0.1, 0.15) is 23.0 Å². The van der Waals surface area contributed by atoms with Gasteiger partial charge in [-0.2, -0.15) is 5.26 Å². The van der Waals surface area contributed by atoms with E-state index in [-0.39, 0.29) is 17.4 Å². The first-order valence-corrected chi connectivity index (χ1v) is 12.8. The molecule has 1 aromatic heterocycles. The normalized spacial score (nSPS) is 13.3. The van der Waals surface area contributed by atoms with E-state index >= 15 is 0 Å². The molecule has 0 unspecified atom stereocenters. The van der Waals surface area contributed by atoms with Crippen molar-refractivity contribution in [3.8, 4) is 17.6 Å². The van der Waals surface area contributed by atoms with Crippen molar-refractivity contribution in [1.82, 2.24) is 14.8 Å². The lowest BCUT2D eigenvalue weighted by Crippen LogP contribution is -2.48. The fourth-order valence-corrected chi connectivity index (χ4v) is 4.36. The summed E-state index contributed by atoms with van der Waals surface area (Å²) in [6.07, 6.45) is 1.43. The largest absolute Gasteiger partial charge is 0.457 e. The van der Waals surface area contributed by atoms with Crippen molar-refractivity contribution in [3.05, 3.63) is 119 Å². The molecule has 40 heavy (non-hydrogen) atoms. The van der Waals surface area contributed by atoms with E-state index in [1.165, 1.54) is 24.4 Å². The third-order valence-corrected chi connectivity index (χ3v) is 6.53. The molecular weight excluding hydrogens is 509 g/mol. The molecule has 0 bridgehead atoms. The van der Waals surface area contributed by atoms with Crippen LogP contribution in [0.5, 0.6) is 11.5 Å². The number of benzene rings is 3. The number of nitrogens with zero attached hydrogens (tertiary/aromatic N) is 4. The standard InChI is InChI=1S/C31H26FN5O3/c32-25-7-4-22(5-8-25)21-36-14-16-37(17-15-36)31(39)24-6-13-29(34-20-24)30(38)35-26-9-11-27(12-10-26)40-28-3-1-2-23(18-28)19-33/h1-13,18,20H,14-17,21H2,(H,35,38). The van der Waals surface area contributed by atoms with Gasteiger partial charge in [-0.3, -0.25) is 19.5 Å². The lowest BCUT2D eigenvalue weighted by Gasteiger charge is -2.34. The lowest BCUT2D eigenvalue weighted by atomic mass is 10.1. The molecule has 9 heteroatoms. The quantitative estimate of drug-likeness (QED) is 0.354. The van der Waals surface area contributed by atoms with Gasteiger partial charge in [-0.15, -0.1) is 0 Å². The summed E-state index contributed by atoms with van der Waals surface area (Å²) < 4.78 is 18.9. The van der Waals surface area contributed by atoms with E-state index in [0.29, 0.717) is 61.0 Å². The van der Waals surface area contributed by atoms with Gasteiger partial charge in [-0.05, 0) is 72.3 Å². The summed E-state index contributed by atoms with van der Waals surface area (Å²) in [6, 6.07) is 25.4. The van der Waals surface area contributed by atoms with Crippen molar-refractivity contribution < 1.29 is 18.7 Å². The molecule has 8 nitrogen and oxygen atoms in total. The van der Waals surface area contributed by atoms with Gasteiger partial charge in [-0.1, -0.05) is 18.2 Å². The Labute approximate surface area is 231 Å². The molecule has 1 fully saturated rings. The molecule has 1 aliphatic heterocycles. The van der Waals surface area contributed by atoms with Crippen molar-refractivity contribution in [3.63, 3.8) is 0 Å². The van der Waals surface area contributed by atoms with Crippen molar-refractivity contribution >= 4 is 17.5 Å². The Morgan fingerprint density at radius 2 is 1.68 bits per heavy atom. The average Bonchev–Trinajstić information content (AvgIpc) is 2.99. The maximum absolute atomic E-state index is 13.1. The van der Waals surface area contributed by atoms with Crippen molar-refractivity contribution in [2.45, 2.75) is 6.54 Å². The number of ether oxygens (including phenoxy) is 1. The van der Waals surface area contributed by atoms with Crippen molar-refractivity contribution in [2.75, 3.05) is 31.5 Å². The number of rotatable bonds is 7. The first-order chi connectivity index (χ1) is 19.5. The summed E-state index contributed by atoms with van der Waals surface area (Å²) in [7, 11) is 0. The molecule has 2 amide bonds. The number of nitriles is 1. The summed E-state index contributed by atoms with van der Waals surface area (Å²) in [5.41, 5.74) is 2.71. The van der Waals surface area contributed by atoms with E-state index in [4.69, 9.17) is 10.00 Å². The fourth-order valence-electron chi connectivity index (χ4n) is 4.36. The highest BCUT2D eigenvalue weighted by Crippen LogP contribution is 2.24. The Morgan fingerprint density at radius 1 is 0.925 bits per heavy atom. The summed E-state index contributed by atoms with van der Waals surface area (Å²) in [5.74, 6) is 0.323. The molecule has 1 aliphatic rings. The van der Waals surface area contributed by atoms with Gasteiger partial charge in [0.05, 0.1) is 17.2 Å².